The molecular weight excluding hydrogens is 190 g/mol. The highest BCUT2D eigenvalue weighted by Gasteiger charge is 2.59. The third kappa shape index (κ3) is 1.53. The number of primary amides is 1. The van der Waals surface area contributed by atoms with E-state index in [1.165, 1.54) is 0 Å². The Morgan fingerprint density at radius 1 is 1.53 bits per heavy atom. The van der Waals surface area contributed by atoms with Gasteiger partial charge in [0.2, 0.25) is 5.91 Å². The highest BCUT2D eigenvalue weighted by molar-refractivity contribution is 5.90. The summed E-state index contributed by atoms with van der Waals surface area (Å²) in [5, 5.41) is 0. The molecule has 2 atom stereocenters. The zero-order valence-corrected chi connectivity index (χ0v) is 8.77. The van der Waals surface area contributed by atoms with Crippen LogP contribution in [0.5, 0.6) is 0 Å². The summed E-state index contributed by atoms with van der Waals surface area (Å²) in [6.45, 7) is 0.595. The van der Waals surface area contributed by atoms with E-state index in [2.05, 4.69) is 0 Å². The van der Waals surface area contributed by atoms with Crippen LogP contribution in [0.1, 0.15) is 12.0 Å². The summed E-state index contributed by atoms with van der Waals surface area (Å²) in [7, 11) is 1.65. The normalized spacial score (nSPS) is 28.7. The molecular formula is C12H15NO2. The Hall–Kier alpha value is -1.35. The van der Waals surface area contributed by atoms with Crippen LogP contribution in [0.2, 0.25) is 0 Å². The number of nitrogens with two attached hydrogens (primary N) is 1. The fourth-order valence-electron chi connectivity index (χ4n) is 2.27. The van der Waals surface area contributed by atoms with Crippen LogP contribution in [0.25, 0.3) is 0 Å². The van der Waals surface area contributed by atoms with Gasteiger partial charge in [-0.05, 0) is 12.0 Å². The van der Waals surface area contributed by atoms with E-state index in [0.717, 1.165) is 12.0 Å². The van der Waals surface area contributed by atoms with Gasteiger partial charge in [-0.2, -0.15) is 0 Å². The van der Waals surface area contributed by atoms with Gasteiger partial charge in [-0.3, -0.25) is 4.79 Å². The fraction of sp³-hybridized carbons (Fsp3) is 0.417. The number of hydrogen-bond donors (Lipinski definition) is 1. The Bertz CT molecular complexity index is 363. The first kappa shape index (κ1) is 10.2. The molecule has 15 heavy (non-hydrogen) atoms. The molecule has 80 valence electrons. The van der Waals surface area contributed by atoms with E-state index in [4.69, 9.17) is 10.5 Å². The lowest BCUT2D eigenvalue weighted by atomic mass is 9.93. The van der Waals surface area contributed by atoms with Crippen LogP contribution < -0.4 is 5.73 Å². The third-order valence-electron chi connectivity index (χ3n) is 3.20. The Morgan fingerprint density at radius 2 is 2.20 bits per heavy atom. The fourth-order valence-corrected chi connectivity index (χ4v) is 2.27. The van der Waals surface area contributed by atoms with Crippen molar-refractivity contribution in [2.45, 2.75) is 11.8 Å². The number of ether oxygens (including phenoxy) is 1. The largest absolute Gasteiger partial charge is 0.384 e. The predicted octanol–water partition coefficient (Wildman–Crippen LogP) is 1.08. The van der Waals surface area contributed by atoms with Crippen molar-refractivity contribution in [1.82, 2.24) is 0 Å². The van der Waals surface area contributed by atoms with Gasteiger partial charge in [0.25, 0.3) is 0 Å². The Balaban J connectivity index is 2.28. The first-order valence-electron chi connectivity index (χ1n) is 5.06. The average Bonchev–Trinajstić information content (AvgIpc) is 2.96. The lowest BCUT2D eigenvalue weighted by molar-refractivity contribution is -0.121. The highest BCUT2D eigenvalue weighted by atomic mass is 16.5. The van der Waals surface area contributed by atoms with Crippen LogP contribution in [0.4, 0.5) is 0 Å². The van der Waals surface area contributed by atoms with Gasteiger partial charge in [-0.15, -0.1) is 0 Å². The van der Waals surface area contributed by atoms with Crippen molar-refractivity contribution in [1.29, 1.82) is 0 Å². The number of amides is 1. The molecule has 0 radical (unpaired) electrons. The maximum absolute atomic E-state index is 11.5. The second kappa shape index (κ2) is 3.66. The highest BCUT2D eigenvalue weighted by Crippen LogP contribution is 2.54. The lowest BCUT2D eigenvalue weighted by Gasteiger charge is -2.13. The standard InChI is InChI=1S/C12H15NO2/c1-15-8-10-7-12(10,11(13)14)9-5-3-2-4-6-9/h2-6,10H,7-8H2,1H3,(H2,13,14). The quantitative estimate of drug-likeness (QED) is 0.799. The summed E-state index contributed by atoms with van der Waals surface area (Å²) < 4.78 is 5.08. The number of carbonyl (C=O) groups excluding carboxylic acids is 1. The van der Waals surface area contributed by atoms with E-state index in [1.807, 2.05) is 30.3 Å². The number of methoxy groups -OCH3 is 1. The first-order chi connectivity index (χ1) is 7.21. The van der Waals surface area contributed by atoms with E-state index < -0.39 is 5.41 Å². The van der Waals surface area contributed by atoms with Crippen LogP contribution in [0, 0.1) is 5.92 Å². The van der Waals surface area contributed by atoms with Gasteiger partial charge in [0, 0.05) is 13.0 Å². The predicted molar refractivity (Wildman–Crippen MR) is 57.3 cm³/mol. The SMILES string of the molecule is COCC1CC1(C(N)=O)c1ccccc1. The van der Waals surface area contributed by atoms with Gasteiger partial charge in [0.05, 0.1) is 12.0 Å². The molecule has 1 aromatic rings. The lowest BCUT2D eigenvalue weighted by Crippen LogP contribution is -2.31. The van der Waals surface area contributed by atoms with Gasteiger partial charge >= 0.3 is 0 Å². The molecule has 2 unspecified atom stereocenters. The number of carbonyl (C=O) groups is 1. The molecule has 1 aliphatic rings. The summed E-state index contributed by atoms with van der Waals surface area (Å²) in [4.78, 5) is 11.5. The van der Waals surface area contributed by atoms with E-state index in [9.17, 15) is 4.79 Å². The second-order valence-corrected chi connectivity index (χ2v) is 4.06. The maximum atomic E-state index is 11.5. The minimum absolute atomic E-state index is 0.238. The molecule has 0 heterocycles. The van der Waals surface area contributed by atoms with Crippen LogP contribution in [0.15, 0.2) is 30.3 Å². The number of benzene rings is 1. The molecule has 1 amide bonds. The Labute approximate surface area is 89.2 Å². The summed E-state index contributed by atoms with van der Waals surface area (Å²) in [6.07, 6.45) is 0.806. The summed E-state index contributed by atoms with van der Waals surface area (Å²) in [5.74, 6) is -0.00171. The zero-order chi connectivity index (χ0) is 10.9. The summed E-state index contributed by atoms with van der Waals surface area (Å²) in [5.41, 5.74) is 6.03. The van der Waals surface area contributed by atoms with Gasteiger partial charge in [0.15, 0.2) is 0 Å². The molecule has 0 aliphatic heterocycles. The second-order valence-electron chi connectivity index (χ2n) is 4.06. The topological polar surface area (TPSA) is 52.3 Å². The molecule has 0 aromatic heterocycles. The van der Waals surface area contributed by atoms with Gasteiger partial charge in [-0.25, -0.2) is 0 Å². The van der Waals surface area contributed by atoms with Crippen molar-refractivity contribution in [3.8, 4) is 0 Å². The average molecular weight is 205 g/mol. The minimum Gasteiger partial charge on any atom is -0.384 e. The zero-order valence-electron chi connectivity index (χ0n) is 8.77. The molecule has 1 saturated carbocycles. The molecule has 2 rings (SSSR count). The molecule has 0 saturated heterocycles. The van der Waals surface area contributed by atoms with Crippen molar-refractivity contribution in [2.75, 3.05) is 13.7 Å². The van der Waals surface area contributed by atoms with Crippen molar-refractivity contribution >= 4 is 5.91 Å². The van der Waals surface area contributed by atoms with Crippen molar-refractivity contribution in [2.24, 2.45) is 11.7 Å². The van der Waals surface area contributed by atoms with E-state index in [1.54, 1.807) is 7.11 Å². The van der Waals surface area contributed by atoms with E-state index in [-0.39, 0.29) is 11.8 Å². The Morgan fingerprint density at radius 3 is 2.73 bits per heavy atom. The first-order valence-corrected chi connectivity index (χ1v) is 5.06. The number of hydrogen-bond acceptors (Lipinski definition) is 2. The maximum Gasteiger partial charge on any atom is 0.228 e. The Kier molecular flexibility index (Phi) is 2.49. The molecule has 1 fully saturated rings. The summed E-state index contributed by atoms with van der Waals surface area (Å²) in [6, 6.07) is 9.72. The van der Waals surface area contributed by atoms with Crippen molar-refractivity contribution in [3.05, 3.63) is 35.9 Å². The van der Waals surface area contributed by atoms with Gasteiger partial charge in [-0.1, -0.05) is 30.3 Å². The molecule has 0 spiro atoms. The molecule has 1 aromatic carbocycles. The monoisotopic (exact) mass is 205 g/mol. The molecule has 1 aliphatic carbocycles. The van der Waals surface area contributed by atoms with Crippen LogP contribution in [-0.2, 0) is 14.9 Å². The van der Waals surface area contributed by atoms with Gasteiger partial charge in [0.1, 0.15) is 0 Å². The van der Waals surface area contributed by atoms with E-state index in [0.29, 0.717) is 6.61 Å². The van der Waals surface area contributed by atoms with Crippen molar-refractivity contribution < 1.29 is 9.53 Å². The molecule has 2 N–H and O–H groups in total. The van der Waals surface area contributed by atoms with Crippen LogP contribution in [0.3, 0.4) is 0 Å². The van der Waals surface area contributed by atoms with Gasteiger partial charge < -0.3 is 10.5 Å². The molecule has 3 heteroatoms. The number of rotatable bonds is 4. The molecule has 0 bridgehead atoms. The van der Waals surface area contributed by atoms with Crippen LogP contribution in [-0.4, -0.2) is 19.6 Å². The summed E-state index contributed by atoms with van der Waals surface area (Å²) >= 11 is 0. The molecule has 3 nitrogen and oxygen atoms in total. The smallest absolute Gasteiger partial charge is 0.228 e. The van der Waals surface area contributed by atoms with Crippen molar-refractivity contribution in [3.63, 3.8) is 0 Å². The third-order valence-corrected chi connectivity index (χ3v) is 3.20. The van der Waals surface area contributed by atoms with Crippen LogP contribution >= 0.6 is 0 Å². The van der Waals surface area contributed by atoms with E-state index >= 15 is 0 Å². The minimum atomic E-state index is -0.475.